The molecule has 0 radical (unpaired) electrons. The van der Waals surface area contributed by atoms with Crippen molar-refractivity contribution in [1.29, 1.82) is 0 Å². The molecule has 0 heterocycles. The minimum atomic E-state index is -1.66. The Hall–Kier alpha value is -2.44. The summed E-state index contributed by atoms with van der Waals surface area (Å²) in [5, 5.41) is 9.50. The third-order valence-electron chi connectivity index (χ3n) is 5.65. The molecule has 7 heteroatoms. The van der Waals surface area contributed by atoms with E-state index in [0.717, 1.165) is 12.1 Å². The highest BCUT2D eigenvalue weighted by atomic mass is 19.2. The number of benzene rings is 2. The topological polar surface area (TPSA) is 37.3 Å². The van der Waals surface area contributed by atoms with E-state index in [1.165, 1.54) is 18.2 Å². The first-order valence-corrected chi connectivity index (χ1v) is 9.47. The van der Waals surface area contributed by atoms with Gasteiger partial charge >= 0.3 is 5.97 Å². The fourth-order valence-corrected chi connectivity index (χ4v) is 4.08. The fourth-order valence-electron chi connectivity index (χ4n) is 4.08. The van der Waals surface area contributed by atoms with Crippen molar-refractivity contribution in [3.63, 3.8) is 0 Å². The quantitative estimate of drug-likeness (QED) is 0.474. The van der Waals surface area contributed by atoms with Gasteiger partial charge in [0.25, 0.3) is 0 Å². The number of carboxylic acids is 1. The highest BCUT2D eigenvalue weighted by Gasteiger charge is 2.35. The molecule has 1 fully saturated rings. The van der Waals surface area contributed by atoms with Gasteiger partial charge in [-0.2, -0.15) is 0 Å². The first kappa shape index (κ1) is 21.3. The van der Waals surface area contributed by atoms with Gasteiger partial charge in [-0.15, -0.1) is 0 Å². The fraction of sp³-hybridized carbons (Fsp3) is 0.409. The smallest absolute Gasteiger partial charge is 0.335 e. The maximum Gasteiger partial charge on any atom is 0.335 e. The largest absolute Gasteiger partial charge is 0.478 e. The molecule has 1 aliphatic carbocycles. The van der Waals surface area contributed by atoms with Crippen LogP contribution in [0.1, 0.15) is 42.1 Å². The summed E-state index contributed by atoms with van der Waals surface area (Å²) in [4.78, 5) is 11.7. The van der Waals surface area contributed by atoms with Gasteiger partial charge in [0, 0.05) is 12.3 Å². The molecule has 156 valence electrons. The number of halogens is 5. The van der Waals surface area contributed by atoms with Crippen LogP contribution in [0.25, 0.3) is 11.1 Å². The molecule has 1 saturated carbocycles. The average molecular weight is 412 g/mol. The lowest BCUT2D eigenvalue weighted by Gasteiger charge is -2.32. The van der Waals surface area contributed by atoms with Crippen molar-refractivity contribution < 1.29 is 31.9 Å². The lowest BCUT2D eigenvalue weighted by Crippen LogP contribution is -2.33. The summed E-state index contributed by atoms with van der Waals surface area (Å²) < 4.78 is 70.2. The lowest BCUT2D eigenvalue weighted by molar-refractivity contribution is 0.0653. The average Bonchev–Trinajstić information content (AvgIpc) is 2.65. The Bertz CT molecular complexity index is 891. The van der Waals surface area contributed by atoms with E-state index in [4.69, 9.17) is 0 Å². The Balaban J connectivity index is 2.02. The summed E-state index contributed by atoms with van der Waals surface area (Å²) >= 11 is 0. The summed E-state index contributed by atoms with van der Waals surface area (Å²) in [6.45, 7) is 1.89. The Kier molecular flexibility index (Phi) is 6.24. The van der Waals surface area contributed by atoms with Gasteiger partial charge in [-0.25, -0.2) is 26.7 Å². The van der Waals surface area contributed by atoms with Gasteiger partial charge in [-0.1, -0.05) is 25.5 Å². The molecule has 2 unspecified atom stereocenters. The van der Waals surface area contributed by atoms with Crippen LogP contribution in [0, 0.1) is 29.3 Å². The van der Waals surface area contributed by atoms with Gasteiger partial charge in [0.05, 0.1) is 5.56 Å². The highest BCUT2D eigenvalue weighted by Crippen LogP contribution is 2.37. The van der Waals surface area contributed by atoms with E-state index in [1.54, 1.807) is 0 Å². The summed E-state index contributed by atoms with van der Waals surface area (Å²) in [5.41, 5.74) is -0.274. The highest BCUT2D eigenvalue weighted by molar-refractivity contribution is 5.92. The zero-order valence-corrected chi connectivity index (χ0v) is 15.8. The number of aromatic carboxylic acids is 1. The van der Waals surface area contributed by atoms with E-state index in [2.05, 4.69) is 0 Å². The predicted octanol–water partition coefficient (Wildman–Crippen LogP) is 6.12. The molecule has 2 nitrogen and oxygen atoms in total. The van der Waals surface area contributed by atoms with Gasteiger partial charge in [-0.3, -0.25) is 0 Å². The lowest BCUT2D eigenvalue weighted by atomic mass is 9.77. The molecule has 0 aliphatic heterocycles. The van der Waals surface area contributed by atoms with Crippen LogP contribution in [0.5, 0.6) is 0 Å². The molecule has 0 amide bonds. The number of rotatable bonds is 5. The van der Waals surface area contributed by atoms with Crippen LogP contribution in [0.2, 0.25) is 0 Å². The van der Waals surface area contributed by atoms with Crippen LogP contribution in [0.15, 0.2) is 30.3 Å². The van der Waals surface area contributed by atoms with Crippen molar-refractivity contribution in [2.75, 3.05) is 0 Å². The van der Waals surface area contributed by atoms with Crippen molar-refractivity contribution in [2.24, 2.45) is 11.8 Å². The number of carboxylic acid groups (broad SMARTS) is 1. The molecule has 1 N–H and O–H groups in total. The van der Waals surface area contributed by atoms with Crippen LogP contribution in [-0.2, 0) is 6.42 Å². The number of hydrogen-bond acceptors (Lipinski definition) is 1. The Labute approximate surface area is 165 Å². The molecule has 0 aromatic heterocycles. The van der Waals surface area contributed by atoms with Gasteiger partial charge in [0.15, 0.2) is 17.5 Å². The van der Waals surface area contributed by atoms with Gasteiger partial charge in [0.2, 0.25) is 0 Å². The van der Waals surface area contributed by atoms with Crippen molar-refractivity contribution >= 4 is 5.97 Å². The van der Waals surface area contributed by atoms with E-state index in [0.29, 0.717) is 12.8 Å². The van der Waals surface area contributed by atoms with Crippen LogP contribution in [0.4, 0.5) is 22.0 Å². The standard InChI is InChI=1S/C22H21F5O2/c1-11-5-6-15(17(23)7-11)18(24)10-16-13(3-2-4-14(16)22(28)29)12-8-19(25)21(27)20(26)9-12/h2-4,8-9,11,15,17-18H,5-7,10H2,1H3,(H,28,29)/t11-,15-,17?,18?/m0/s1. The van der Waals surface area contributed by atoms with E-state index in [-0.39, 0.29) is 34.6 Å². The maximum absolute atomic E-state index is 15.1. The predicted molar refractivity (Wildman–Crippen MR) is 98.7 cm³/mol. The second-order valence-corrected chi connectivity index (χ2v) is 7.71. The van der Waals surface area contributed by atoms with Crippen LogP contribution in [0.3, 0.4) is 0 Å². The summed E-state index contributed by atoms with van der Waals surface area (Å²) in [6.07, 6.45) is -2.16. The molecule has 2 aromatic rings. The zero-order chi connectivity index (χ0) is 21.3. The molecule has 3 rings (SSSR count). The Morgan fingerprint density at radius 3 is 2.41 bits per heavy atom. The van der Waals surface area contributed by atoms with Crippen LogP contribution in [-0.4, -0.2) is 23.4 Å². The van der Waals surface area contributed by atoms with Crippen molar-refractivity contribution in [3.05, 3.63) is 58.9 Å². The van der Waals surface area contributed by atoms with Crippen molar-refractivity contribution in [2.45, 2.75) is 45.0 Å². The first-order chi connectivity index (χ1) is 13.7. The summed E-state index contributed by atoms with van der Waals surface area (Å²) in [5.74, 6) is -6.58. The normalized spacial score (nSPS) is 23.0. The van der Waals surface area contributed by atoms with Crippen molar-refractivity contribution in [1.82, 2.24) is 0 Å². The molecule has 0 bridgehead atoms. The molecule has 29 heavy (non-hydrogen) atoms. The third kappa shape index (κ3) is 4.43. The second kappa shape index (κ2) is 8.51. The molecule has 1 aliphatic rings. The van der Waals surface area contributed by atoms with E-state index >= 15 is 4.39 Å². The summed E-state index contributed by atoms with van der Waals surface area (Å²) in [6, 6.07) is 5.46. The molecule has 0 spiro atoms. The van der Waals surface area contributed by atoms with Crippen molar-refractivity contribution in [3.8, 4) is 11.1 Å². The van der Waals surface area contributed by atoms with Gasteiger partial charge in [0.1, 0.15) is 12.3 Å². The zero-order valence-electron chi connectivity index (χ0n) is 15.8. The second-order valence-electron chi connectivity index (χ2n) is 7.71. The minimum absolute atomic E-state index is 0.00345. The molecular formula is C22H21F5O2. The monoisotopic (exact) mass is 412 g/mol. The van der Waals surface area contributed by atoms with Gasteiger partial charge < -0.3 is 5.11 Å². The van der Waals surface area contributed by atoms with E-state index < -0.39 is 48.1 Å². The summed E-state index contributed by atoms with van der Waals surface area (Å²) in [7, 11) is 0. The Morgan fingerprint density at radius 1 is 1.17 bits per heavy atom. The molecular weight excluding hydrogens is 391 g/mol. The van der Waals surface area contributed by atoms with Crippen LogP contribution >= 0.6 is 0 Å². The number of alkyl halides is 2. The first-order valence-electron chi connectivity index (χ1n) is 9.47. The molecule has 4 atom stereocenters. The molecule has 2 aromatic carbocycles. The minimum Gasteiger partial charge on any atom is -0.478 e. The third-order valence-corrected chi connectivity index (χ3v) is 5.65. The SMILES string of the molecule is C[C@H]1CC[C@H](C(F)Cc2c(C(=O)O)cccc2-c2cc(F)c(F)c(F)c2)C(F)C1. The van der Waals surface area contributed by atoms with Gasteiger partial charge in [-0.05, 0) is 53.6 Å². The van der Waals surface area contributed by atoms with E-state index in [1.807, 2.05) is 6.92 Å². The number of hydrogen-bond donors (Lipinski definition) is 1. The molecule has 0 saturated heterocycles. The maximum atomic E-state index is 15.1. The van der Waals surface area contributed by atoms with Crippen LogP contribution < -0.4 is 0 Å². The van der Waals surface area contributed by atoms with E-state index in [9.17, 15) is 27.5 Å². The Morgan fingerprint density at radius 2 is 1.83 bits per heavy atom. The number of carbonyl (C=O) groups is 1.